The Kier molecular flexibility index (Phi) is 18.1. The highest BCUT2D eigenvalue weighted by atomic mass is 19.1. The molecule has 0 saturated carbocycles. The van der Waals surface area contributed by atoms with E-state index >= 15 is 4.39 Å². The van der Waals surface area contributed by atoms with E-state index < -0.39 is 65.4 Å². The van der Waals surface area contributed by atoms with E-state index in [0.29, 0.717) is 24.3 Å². The number of aliphatic hydroxyl groups is 1. The summed E-state index contributed by atoms with van der Waals surface area (Å²) in [6.07, 6.45) is 1.48. The number of aliphatic hydroxyl groups excluding tert-OH is 1. The quantitative estimate of drug-likeness (QED) is 0.0529. The summed E-state index contributed by atoms with van der Waals surface area (Å²) in [5.41, 5.74) is 9.39. The molecule has 0 radical (unpaired) electrons. The summed E-state index contributed by atoms with van der Waals surface area (Å²) in [4.78, 5) is 67.5. The van der Waals surface area contributed by atoms with Gasteiger partial charge in [0, 0.05) is 68.6 Å². The molecule has 5 amide bonds. The molecule has 0 saturated heterocycles. The van der Waals surface area contributed by atoms with E-state index in [2.05, 4.69) is 21.3 Å². The van der Waals surface area contributed by atoms with Crippen LogP contribution in [0.4, 0.5) is 8.78 Å². The molecule has 0 aliphatic heterocycles. The second-order valence-corrected chi connectivity index (χ2v) is 17.0. The van der Waals surface area contributed by atoms with Crippen LogP contribution in [0.15, 0.2) is 121 Å². The third-order valence-corrected chi connectivity index (χ3v) is 10.9. The van der Waals surface area contributed by atoms with Crippen LogP contribution in [0, 0.1) is 17.0 Å². The first-order valence-corrected chi connectivity index (χ1v) is 21.7. The van der Waals surface area contributed by atoms with Gasteiger partial charge in [-0.05, 0) is 59.2 Å². The number of hydrogen-bond donors (Lipinski definition) is 6. The van der Waals surface area contributed by atoms with Gasteiger partial charge in [-0.1, -0.05) is 112 Å². The van der Waals surface area contributed by atoms with Gasteiger partial charge in [-0.3, -0.25) is 24.0 Å². The maximum atomic E-state index is 15.1. The Bertz CT molecular complexity index is 2360. The van der Waals surface area contributed by atoms with Crippen molar-refractivity contribution >= 4 is 29.5 Å². The summed E-state index contributed by atoms with van der Waals surface area (Å²) in [6, 6.07) is 30.1. The predicted octanol–water partition coefficient (Wildman–Crippen LogP) is 5.51. The molecule has 13 nitrogen and oxygen atoms in total. The number of rotatable bonds is 22. The average Bonchev–Trinajstić information content (AvgIpc) is 3.70. The second-order valence-electron chi connectivity index (χ2n) is 17.0. The fourth-order valence-corrected chi connectivity index (χ4v) is 7.54. The summed E-state index contributed by atoms with van der Waals surface area (Å²) in [7, 11) is 0. The first kappa shape index (κ1) is 49.3. The molecular formula is C50H59F2N7O6. The number of amides is 5. The zero-order chi connectivity index (χ0) is 46.9. The topological polar surface area (TPSA) is 188 Å². The number of nitrogens with one attached hydrogen (secondary N) is 4. The van der Waals surface area contributed by atoms with Crippen LogP contribution < -0.4 is 27.0 Å². The average molecular weight is 892 g/mol. The number of hydrogen-bond acceptors (Lipinski definition) is 7. The lowest BCUT2D eigenvalue weighted by atomic mass is 9.82. The van der Waals surface area contributed by atoms with Crippen LogP contribution in [0.25, 0.3) is 11.1 Å². The molecule has 0 unspecified atom stereocenters. The number of halogens is 2. The van der Waals surface area contributed by atoms with Gasteiger partial charge in [0.2, 0.25) is 29.5 Å². The molecular weight excluding hydrogens is 833 g/mol. The first-order chi connectivity index (χ1) is 31.1. The smallest absolute Gasteiger partial charge is 0.248 e. The Morgan fingerprint density at radius 1 is 0.723 bits per heavy atom. The monoisotopic (exact) mass is 891 g/mol. The Hall–Kier alpha value is -6.71. The molecule has 1 aromatic heterocycles. The van der Waals surface area contributed by atoms with E-state index in [1.54, 1.807) is 12.3 Å². The summed E-state index contributed by atoms with van der Waals surface area (Å²) in [5.74, 6) is -3.75. The number of nitrogens with two attached hydrogens (primary N) is 1. The zero-order valence-corrected chi connectivity index (χ0v) is 37.1. The lowest BCUT2D eigenvalue weighted by Crippen LogP contribution is -2.49. The Morgan fingerprint density at radius 2 is 1.32 bits per heavy atom. The van der Waals surface area contributed by atoms with Gasteiger partial charge in [-0.2, -0.15) is 0 Å². The molecule has 344 valence electrons. The summed E-state index contributed by atoms with van der Waals surface area (Å²) < 4.78 is 31.4. The standard InChI is InChI=1S/C50H59F2N7O6/c1-50(2,3)47(43-27-37(39-28-38(51)19-20-40(39)52)32-58(43)31-36-17-11-6-12-18-36)59(46(63)33-60)26-24-41(53)48(64)54-25-23-45(62)57-42(49(65)56-30-35-15-9-5-10-16-35)21-22-44(61)55-29-34-13-7-4-8-14-34/h4-20,27-28,32,41-42,47,60H,21-26,29-31,33,53H2,1-3H3,(H,54,64)(H,55,61)(H,56,65)(H,57,62)/t41-,42+,47-/m0/s1. The molecule has 5 rings (SSSR count). The van der Waals surface area contributed by atoms with Crippen molar-refractivity contribution in [2.45, 2.75) is 84.2 Å². The van der Waals surface area contributed by atoms with Crippen LogP contribution >= 0.6 is 0 Å². The highest BCUT2D eigenvalue weighted by Gasteiger charge is 2.37. The molecule has 0 aliphatic rings. The lowest BCUT2D eigenvalue weighted by molar-refractivity contribution is -0.140. The van der Waals surface area contributed by atoms with Crippen LogP contribution in [-0.4, -0.2) is 75.9 Å². The van der Waals surface area contributed by atoms with Crippen LogP contribution in [0.3, 0.4) is 0 Å². The molecule has 65 heavy (non-hydrogen) atoms. The fraction of sp³-hybridized carbons (Fsp3) is 0.340. The van der Waals surface area contributed by atoms with Crippen molar-refractivity contribution < 1.29 is 37.9 Å². The van der Waals surface area contributed by atoms with Crippen molar-refractivity contribution in [3.05, 3.63) is 155 Å². The SMILES string of the molecule is CC(C)(C)[C@H](c1cc(-c2cc(F)ccc2F)cn1Cc1ccccc1)N(CC[C@H](N)C(=O)NCCC(=O)N[C@H](CCC(=O)NCc1ccccc1)C(=O)NCc1ccccc1)C(=O)CO. The number of nitrogens with zero attached hydrogens (tertiary/aromatic N) is 2. The summed E-state index contributed by atoms with van der Waals surface area (Å²) >= 11 is 0. The molecule has 5 aromatic rings. The Labute approximate surface area is 378 Å². The molecule has 1 heterocycles. The van der Waals surface area contributed by atoms with Gasteiger partial charge in [-0.25, -0.2) is 8.78 Å². The van der Waals surface area contributed by atoms with Crippen LogP contribution in [-0.2, 0) is 43.6 Å². The predicted molar refractivity (Wildman–Crippen MR) is 244 cm³/mol. The van der Waals surface area contributed by atoms with Gasteiger partial charge in [0.15, 0.2) is 0 Å². The van der Waals surface area contributed by atoms with Gasteiger partial charge in [0.05, 0.1) is 12.1 Å². The number of carbonyl (C=O) groups excluding carboxylic acids is 5. The highest BCUT2D eigenvalue weighted by molar-refractivity contribution is 5.89. The zero-order valence-electron chi connectivity index (χ0n) is 37.1. The van der Waals surface area contributed by atoms with Crippen molar-refractivity contribution in [1.82, 2.24) is 30.7 Å². The normalized spacial score (nSPS) is 12.7. The minimum Gasteiger partial charge on any atom is -0.387 e. The molecule has 7 N–H and O–H groups in total. The third kappa shape index (κ3) is 14.9. The second kappa shape index (κ2) is 23.8. The highest BCUT2D eigenvalue weighted by Crippen LogP contribution is 2.41. The van der Waals surface area contributed by atoms with E-state index in [1.165, 1.54) is 4.90 Å². The minimum absolute atomic E-state index is 0.0282. The van der Waals surface area contributed by atoms with Gasteiger partial charge in [-0.15, -0.1) is 0 Å². The largest absolute Gasteiger partial charge is 0.387 e. The minimum atomic E-state index is -1.13. The first-order valence-electron chi connectivity index (χ1n) is 21.7. The third-order valence-electron chi connectivity index (χ3n) is 10.9. The fourth-order valence-electron chi connectivity index (χ4n) is 7.54. The van der Waals surface area contributed by atoms with Crippen LogP contribution in [0.1, 0.15) is 74.9 Å². The van der Waals surface area contributed by atoms with Gasteiger partial charge in [0.1, 0.15) is 24.3 Å². The summed E-state index contributed by atoms with van der Waals surface area (Å²) in [5, 5.41) is 21.2. The number of aromatic nitrogens is 1. The molecule has 15 heteroatoms. The van der Waals surface area contributed by atoms with Crippen molar-refractivity contribution in [3.8, 4) is 11.1 Å². The molecule has 0 aliphatic carbocycles. The molecule has 0 spiro atoms. The molecule has 4 aromatic carbocycles. The molecule has 0 bridgehead atoms. The summed E-state index contributed by atoms with van der Waals surface area (Å²) in [6.45, 7) is 5.58. The number of benzene rings is 4. The van der Waals surface area contributed by atoms with E-state index in [1.807, 2.05) is 116 Å². The van der Waals surface area contributed by atoms with Crippen molar-refractivity contribution in [2.75, 3.05) is 19.7 Å². The van der Waals surface area contributed by atoms with E-state index in [9.17, 15) is 33.5 Å². The molecule has 0 fully saturated rings. The Balaban J connectivity index is 1.23. The van der Waals surface area contributed by atoms with Crippen LogP contribution in [0.2, 0.25) is 0 Å². The van der Waals surface area contributed by atoms with E-state index in [4.69, 9.17) is 5.73 Å². The lowest BCUT2D eigenvalue weighted by Gasteiger charge is -2.41. The van der Waals surface area contributed by atoms with Crippen molar-refractivity contribution in [1.29, 1.82) is 0 Å². The molecule has 3 atom stereocenters. The van der Waals surface area contributed by atoms with Crippen LogP contribution in [0.5, 0.6) is 0 Å². The Morgan fingerprint density at radius 3 is 1.92 bits per heavy atom. The number of carbonyl (C=O) groups is 5. The van der Waals surface area contributed by atoms with Gasteiger partial charge >= 0.3 is 0 Å². The van der Waals surface area contributed by atoms with Gasteiger partial charge in [0.25, 0.3) is 0 Å². The maximum Gasteiger partial charge on any atom is 0.248 e. The maximum absolute atomic E-state index is 15.1. The van der Waals surface area contributed by atoms with Gasteiger partial charge < -0.3 is 41.6 Å². The van der Waals surface area contributed by atoms with Crippen molar-refractivity contribution in [3.63, 3.8) is 0 Å². The van der Waals surface area contributed by atoms with E-state index in [-0.39, 0.29) is 56.8 Å². The van der Waals surface area contributed by atoms with E-state index in [0.717, 1.165) is 34.9 Å². The van der Waals surface area contributed by atoms with Crippen molar-refractivity contribution in [2.24, 2.45) is 11.1 Å².